The maximum Gasteiger partial charge on any atom is 0.410 e. The van der Waals surface area contributed by atoms with Gasteiger partial charge in [-0.2, -0.15) is 5.10 Å². The fraction of sp³-hybridized carbons (Fsp3) is 0.458. The molecule has 2 saturated heterocycles. The number of aromatic nitrogens is 4. The lowest BCUT2D eigenvalue weighted by Crippen LogP contribution is -2.49. The first-order valence-corrected chi connectivity index (χ1v) is 12.1. The van der Waals surface area contributed by atoms with E-state index in [9.17, 15) is 14.0 Å². The summed E-state index contributed by atoms with van der Waals surface area (Å²) >= 11 is 0. The van der Waals surface area contributed by atoms with Gasteiger partial charge in [-0.15, -0.1) is 0 Å². The third-order valence-corrected chi connectivity index (χ3v) is 6.70. The molecule has 0 N–H and O–H groups in total. The second-order valence-electron chi connectivity index (χ2n) is 9.39. The van der Waals surface area contributed by atoms with Gasteiger partial charge in [-0.05, 0) is 25.0 Å². The zero-order valence-corrected chi connectivity index (χ0v) is 19.8. The van der Waals surface area contributed by atoms with Crippen molar-refractivity contribution < 1.29 is 23.5 Å². The number of amides is 2. The van der Waals surface area contributed by atoms with E-state index in [1.807, 2.05) is 12.3 Å². The maximum absolute atomic E-state index is 14.1. The average molecular weight is 496 g/mol. The van der Waals surface area contributed by atoms with Gasteiger partial charge in [0.25, 0.3) is 0 Å². The van der Waals surface area contributed by atoms with Gasteiger partial charge in [0.2, 0.25) is 11.8 Å². The van der Waals surface area contributed by atoms with E-state index in [0.717, 1.165) is 24.9 Å². The molecule has 1 aliphatic carbocycles. The van der Waals surface area contributed by atoms with Crippen molar-refractivity contribution in [2.24, 2.45) is 0 Å². The summed E-state index contributed by atoms with van der Waals surface area (Å²) < 4.78 is 27.2. The van der Waals surface area contributed by atoms with Crippen molar-refractivity contribution in [2.75, 3.05) is 44.7 Å². The fourth-order valence-electron chi connectivity index (χ4n) is 4.52. The molecule has 3 aromatic heterocycles. The summed E-state index contributed by atoms with van der Waals surface area (Å²) in [7, 11) is 1.70. The maximum atomic E-state index is 14.1. The standard InChI is InChI=1S/C24H26FN7O4/c1-29-14-17(11-21(29)33)36-24(34)31-8-6-30(7-9-31)20-4-5-32-22(28-20)19(13-27-32)18-10-15(25)12-26-23(18)35-16-2-3-16/h4-5,10,12-13,16-17H,2-3,6-9,11,14H2,1H3/t17-/m1/s1. The molecule has 5 heterocycles. The third-order valence-electron chi connectivity index (χ3n) is 6.70. The molecule has 11 nitrogen and oxygen atoms in total. The molecule has 0 spiro atoms. The number of halogens is 1. The van der Waals surface area contributed by atoms with Crippen molar-refractivity contribution in [1.82, 2.24) is 29.4 Å². The minimum Gasteiger partial charge on any atom is -0.474 e. The summed E-state index contributed by atoms with van der Waals surface area (Å²) in [6, 6.07) is 3.26. The van der Waals surface area contributed by atoms with Gasteiger partial charge in [0, 0.05) is 39.4 Å². The van der Waals surface area contributed by atoms with Gasteiger partial charge in [-0.3, -0.25) is 4.79 Å². The molecule has 0 radical (unpaired) electrons. The number of nitrogens with zero attached hydrogens (tertiary/aromatic N) is 7. The number of carbonyl (C=O) groups excluding carboxylic acids is 2. The van der Waals surface area contributed by atoms with Crippen molar-refractivity contribution >= 4 is 23.5 Å². The highest BCUT2D eigenvalue weighted by Crippen LogP contribution is 2.35. The first kappa shape index (κ1) is 22.5. The molecule has 3 aromatic rings. The predicted octanol–water partition coefficient (Wildman–Crippen LogP) is 1.96. The lowest BCUT2D eigenvalue weighted by atomic mass is 10.1. The van der Waals surface area contributed by atoms with Crippen molar-refractivity contribution in [2.45, 2.75) is 31.5 Å². The van der Waals surface area contributed by atoms with E-state index in [1.165, 1.54) is 6.07 Å². The van der Waals surface area contributed by atoms with Gasteiger partial charge >= 0.3 is 6.09 Å². The van der Waals surface area contributed by atoms with E-state index in [-0.39, 0.29) is 18.4 Å². The molecule has 2 amide bonds. The predicted molar refractivity (Wildman–Crippen MR) is 126 cm³/mol. The van der Waals surface area contributed by atoms with Crippen LogP contribution in [0.3, 0.4) is 0 Å². The fourth-order valence-corrected chi connectivity index (χ4v) is 4.52. The molecule has 0 aromatic carbocycles. The van der Waals surface area contributed by atoms with Gasteiger partial charge in [-0.25, -0.2) is 23.7 Å². The lowest BCUT2D eigenvalue weighted by molar-refractivity contribution is -0.126. The summed E-state index contributed by atoms with van der Waals surface area (Å²) in [5, 5.41) is 4.37. The Morgan fingerprint density at radius 3 is 2.64 bits per heavy atom. The number of rotatable bonds is 5. The first-order valence-electron chi connectivity index (χ1n) is 12.1. The number of ether oxygens (including phenoxy) is 2. The quantitative estimate of drug-likeness (QED) is 0.529. The number of likely N-dealkylation sites (tertiary alicyclic amines) is 1. The highest BCUT2D eigenvalue weighted by Gasteiger charge is 2.32. The molecule has 1 saturated carbocycles. The van der Waals surface area contributed by atoms with Crippen LogP contribution < -0.4 is 9.64 Å². The second kappa shape index (κ2) is 8.92. The Morgan fingerprint density at radius 1 is 1.11 bits per heavy atom. The molecule has 1 atom stereocenters. The van der Waals surface area contributed by atoms with Crippen LogP contribution in [0.25, 0.3) is 16.8 Å². The highest BCUT2D eigenvalue weighted by atomic mass is 19.1. The van der Waals surface area contributed by atoms with Crippen LogP contribution in [-0.2, 0) is 9.53 Å². The molecule has 188 valence electrons. The molecular weight excluding hydrogens is 469 g/mol. The van der Waals surface area contributed by atoms with Crippen LogP contribution in [0.4, 0.5) is 15.0 Å². The van der Waals surface area contributed by atoms with Gasteiger partial charge in [-0.1, -0.05) is 0 Å². The van der Waals surface area contributed by atoms with Gasteiger partial charge in [0.05, 0.1) is 36.5 Å². The number of likely N-dealkylation sites (N-methyl/N-ethyl adjacent to an activating group) is 1. The van der Waals surface area contributed by atoms with Gasteiger partial charge < -0.3 is 24.2 Å². The Bertz CT molecular complexity index is 1320. The zero-order valence-electron chi connectivity index (χ0n) is 19.8. The van der Waals surface area contributed by atoms with Crippen LogP contribution in [0.15, 0.2) is 30.7 Å². The molecule has 3 aliphatic rings. The molecule has 0 bridgehead atoms. The Balaban J connectivity index is 1.17. The second-order valence-corrected chi connectivity index (χ2v) is 9.39. The molecule has 6 rings (SSSR count). The number of hydrogen-bond donors (Lipinski definition) is 0. The summed E-state index contributed by atoms with van der Waals surface area (Å²) in [6.07, 6.45) is 6.08. The van der Waals surface area contributed by atoms with Crippen molar-refractivity contribution in [1.29, 1.82) is 0 Å². The molecule has 12 heteroatoms. The molecule has 36 heavy (non-hydrogen) atoms. The monoisotopic (exact) mass is 495 g/mol. The Kier molecular flexibility index (Phi) is 5.57. The number of fused-ring (bicyclic) bond motifs is 1. The van der Waals surface area contributed by atoms with Crippen LogP contribution in [0.2, 0.25) is 0 Å². The van der Waals surface area contributed by atoms with E-state index in [0.29, 0.717) is 55.4 Å². The van der Waals surface area contributed by atoms with Crippen molar-refractivity contribution in [3.8, 4) is 17.0 Å². The minimum absolute atomic E-state index is 0.0152. The number of hydrogen-bond acceptors (Lipinski definition) is 8. The smallest absolute Gasteiger partial charge is 0.410 e. The molecular formula is C24H26FN7O4. The Labute approximate surface area is 206 Å². The number of carbonyl (C=O) groups is 2. The summed E-state index contributed by atoms with van der Waals surface area (Å²) in [5.41, 5.74) is 1.72. The average Bonchev–Trinajstić information content (AvgIpc) is 3.51. The Hall–Kier alpha value is -3.96. The van der Waals surface area contributed by atoms with Crippen LogP contribution >= 0.6 is 0 Å². The van der Waals surface area contributed by atoms with E-state index >= 15 is 0 Å². The van der Waals surface area contributed by atoms with Crippen molar-refractivity contribution in [3.63, 3.8) is 0 Å². The minimum atomic E-state index is -0.458. The van der Waals surface area contributed by atoms with Crippen molar-refractivity contribution in [3.05, 3.63) is 36.5 Å². The lowest BCUT2D eigenvalue weighted by Gasteiger charge is -2.35. The highest BCUT2D eigenvalue weighted by molar-refractivity contribution is 5.81. The van der Waals surface area contributed by atoms with E-state index < -0.39 is 18.0 Å². The third kappa shape index (κ3) is 4.38. The summed E-state index contributed by atoms with van der Waals surface area (Å²) in [4.78, 5) is 38.5. The number of piperazine rings is 1. The van der Waals surface area contributed by atoms with Crippen LogP contribution in [0.5, 0.6) is 5.88 Å². The van der Waals surface area contributed by atoms with Crippen LogP contribution in [-0.4, -0.2) is 93.4 Å². The van der Waals surface area contributed by atoms with Crippen LogP contribution in [0.1, 0.15) is 19.3 Å². The topological polar surface area (TPSA) is 105 Å². The molecule has 2 aliphatic heterocycles. The normalized spacial score (nSPS) is 20.3. The first-order chi connectivity index (χ1) is 17.4. The number of anilines is 1. The van der Waals surface area contributed by atoms with Gasteiger partial charge in [0.15, 0.2) is 5.65 Å². The molecule has 0 unspecified atom stereocenters. The SMILES string of the molecule is CN1C[C@H](OC(=O)N2CCN(c3ccn4ncc(-c5cc(F)cnc5OC5CC5)c4n3)CC2)CC1=O. The zero-order chi connectivity index (χ0) is 24.8. The van der Waals surface area contributed by atoms with E-state index in [2.05, 4.69) is 15.0 Å². The van der Waals surface area contributed by atoms with Crippen LogP contribution in [0, 0.1) is 5.82 Å². The Morgan fingerprint density at radius 2 is 1.92 bits per heavy atom. The number of pyridine rings is 1. The largest absolute Gasteiger partial charge is 0.474 e. The van der Waals surface area contributed by atoms with E-state index in [4.69, 9.17) is 14.5 Å². The van der Waals surface area contributed by atoms with E-state index in [1.54, 1.807) is 27.6 Å². The van der Waals surface area contributed by atoms with Gasteiger partial charge in [0.1, 0.15) is 23.8 Å². The summed E-state index contributed by atoms with van der Waals surface area (Å²) in [6.45, 7) is 2.52. The summed E-state index contributed by atoms with van der Waals surface area (Å²) in [5.74, 6) is 0.636. The molecule has 3 fully saturated rings.